The zero-order valence-electron chi connectivity index (χ0n) is 7.61. The Kier molecular flexibility index (Phi) is 2.47. The molecule has 74 valence electrons. The van der Waals surface area contributed by atoms with Crippen LogP contribution in [0.2, 0.25) is 0 Å². The van der Waals surface area contributed by atoms with Crippen molar-refractivity contribution in [3.63, 3.8) is 0 Å². The average Bonchev–Trinajstić information content (AvgIpc) is 1.99. The summed E-state index contributed by atoms with van der Waals surface area (Å²) in [6, 6.07) is 1.14. The third-order valence-electron chi connectivity index (χ3n) is 1.78. The number of hydrogen-bond acceptors (Lipinski definition) is 1. The highest BCUT2D eigenvalue weighted by molar-refractivity contribution is 5.45. The van der Waals surface area contributed by atoms with Crippen LogP contribution in [0.15, 0.2) is 6.07 Å². The number of aromatic nitrogens is 1. The molecule has 0 N–H and O–H groups in total. The molecule has 0 radical (unpaired) electrons. The summed E-state index contributed by atoms with van der Waals surface area (Å²) in [5.41, 5.74) is -0.857. The number of nitrogens with zero attached hydrogens (tertiary/aromatic N) is 2. The van der Waals surface area contributed by atoms with E-state index in [1.54, 1.807) is 0 Å². The van der Waals surface area contributed by atoms with Crippen LogP contribution in [-0.4, -0.2) is 4.98 Å². The number of hydrogen-bond donors (Lipinski definition) is 0. The van der Waals surface area contributed by atoms with E-state index in [0.717, 1.165) is 6.07 Å². The summed E-state index contributed by atoms with van der Waals surface area (Å²) in [5.74, 6) is -0.00648. The minimum absolute atomic E-state index is 0.00648. The molecule has 2 nitrogen and oxygen atoms in total. The Morgan fingerprint density at radius 3 is 2.29 bits per heavy atom. The van der Waals surface area contributed by atoms with Gasteiger partial charge in [-0.3, -0.25) is 0 Å². The molecule has 0 amide bonds. The molecule has 0 fully saturated rings. The van der Waals surface area contributed by atoms with Gasteiger partial charge in [-0.05, 0) is 18.6 Å². The maximum absolute atomic E-state index is 12.4. The molecule has 0 aliphatic carbocycles. The van der Waals surface area contributed by atoms with E-state index in [0.29, 0.717) is 0 Å². The van der Waals surface area contributed by atoms with Crippen molar-refractivity contribution in [1.82, 2.24) is 4.98 Å². The normalized spacial score (nSPS) is 11.1. The summed E-state index contributed by atoms with van der Waals surface area (Å²) < 4.78 is 37.3. The molecule has 1 heterocycles. The summed E-state index contributed by atoms with van der Waals surface area (Å²) in [4.78, 5) is 6.53. The van der Waals surface area contributed by atoms with Crippen LogP contribution in [0.1, 0.15) is 16.8 Å². The van der Waals surface area contributed by atoms with Crippen LogP contribution in [0.5, 0.6) is 0 Å². The number of alkyl halides is 3. The van der Waals surface area contributed by atoms with E-state index in [2.05, 4.69) is 9.83 Å². The van der Waals surface area contributed by atoms with Gasteiger partial charge in [-0.25, -0.2) is 0 Å². The van der Waals surface area contributed by atoms with E-state index in [-0.39, 0.29) is 17.1 Å². The lowest BCUT2D eigenvalue weighted by Crippen LogP contribution is -2.11. The second-order valence-corrected chi connectivity index (χ2v) is 2.87. The van der Waals surface area contributed by atoms with Crippen LogP contribution in [0, 0.1) is 20.4 Å². The Balaban J connectivity index is 3.42. The van der Waals surface area contributed by atoms with Gasteiger partial charge in [-0.15, -0.1) is 4.98 Å². The second kappa shape index (κ2) is 3.29. The maximum atomic E-state index is 12.4. The van der Waals surface area contributed by atoms with Gasteiger partial charge in [0.25, 0.3) is 5.82 Å². The molecule has 0 saturated carbocycles. The molecule has 0 aliphatic heterocycles. The van der Waals surface area contributed by atoms with Crippen LogP contribution in [-0.2, 0) is 6.18 Å². The molecule has 1 rings (SSSR count). The van der Waals surface area contributed by atoms with Crippen LogP contribution in [0.3, 0.4) is 0 Å². The predicted octanol–water partition coefficient (Wildman–Crippen LogP) is 3.27. The highest BCUT2D eigenvalue weighted by Crippen LogP contribution is 2.34. The second-order valence-electron chi connectivity index (χ2n) is 2.87. The lowest BCUT2D eigenvalue weighted by atomic mass is 10.1. The van der Waals surface area contributed by atoms with Gasteiger partial charge in [-0.2, -0.15) is 13.2 Å². The van der Waals surface area contributed by atoms with Crippen molar-refractivity contribution in [2.75, 3.05) is 0 Å². The summed E-state index contributed by atoms with van der Waals surface area (Å²) in [7, 11) is 0. The van der Waals surface area contributed by atoms with Crippen molar-refractivity contribution in [2.45, 2.75) is 20.0 Å². The summed E-state index contributed by atoms with van der Waals surface area (Å²) >= 11 is 0. The first-order chi connectivity index (χ1) is 6.36. The predicted molar refractivity (Wildman–Crippen MR) is 45.0 cm³/mol. The molecule has 14 heavy (non-hydrogen) atoms. The van der Waals surface area contributed by atoms with Gasteiger partial charge in [0.15, 0.2) is 0 Å². The van der Waals surface area contributed by atoms with Crippen LogP contribution >= 0.6 is 0 Å². The summed E-state index contributed by atoms with van der Waals surface area (Å²) in [6.45, 7) is 9.22. The van der Waals surface area contributed by atoms with Crippen LogP contribution < -0.4 is 0 Å². The zero-order chi connectivity index (χ0) is 10.9. The molecular weight excluding hydrogens is 193 g/mol. The van der Waals surface area contributed by atoms with Gasteiger partial charge < -0.3 is 4.85 Å². The van der Waals surface area contributed by atoms with Crippen molar-refractivity contribution in [2.24, 2.45) is 0 Å². The van der Waals surface area contributed by atoms with Gasteiger partial charge in [0, 0.05) is 6.92 Å². The van der Waals surface area contributed by atoms with E-state index >= 15 is 0 Å². The van der Waals surface area contributed by atoms with Crippen LogP contribution in [0.25, 0.3) is 4.85 Å². The van der Waals surface area contributed by atoms with Gasteiger partial charge in [0.1, 0.15) is 11.3 Å². The first-order valence-corrected chi connectivity index (χ1v) is 3.79. The van der Waals surface area contributed by atoms with Gasteiger partial charge in [0.2, 0.25) is 0 Å². The maximum Gasteiger partial charge on any atom is 0.420 e. The summed E-state index contributed by atoms with van der Waals surface area (Å²) in [6.07, 6.45) is -4.40. The number of pyridine rings is 1. The van der Waals surface area contributed by atoms with Gasteiger partial charge in [0.05, 0.1) is 0 Å². The van der Waals surface area contributed by atoms with Crippen molar-refractivity contribution in [3.05, 3.63) is 34.3 Å². The monoisotopic (exact) mass is 200 g/mol. The van der Waals surface area contributed by atoms with Crippen molar-refractivity contribution < 1.29 is 13.2 Å². The molecule has 0 aliphatic rings. The Morgan fingerprint density at radius 1 is 1.36 bits per heavy atom. The lowest BCUT2D eigenvalue weighted by Gasteiger charge is -2.10. The van der Waals surface area contributed by atoms with Gasteiger partial charge >= 0.3 is 6.18 Å². The molecule has 0 unspecified atom stereocenters. The molecule has 0 spiro atoms. The molecule has 1 aromatic rings. The zero-order valence-corrected chi connectivity index (χ0v) is 7.61. The molecule has 1 aromatic heterocycles. The Labute approximate surface area is 79.2 Å². The van der Waals surface area contributed by atoms with E-state index in [9.17, 15) is 13.2 Å². The smallest absolute Gasteiger partial charge is 0.361 e. The van der Waals surface area contributed by atoms with E-state index in [1.807, 2.05) is 0 Å². The third-order valence-corrected chi connectivity index (χ3v) is 1.78. The quantitative estimate of drug-likeness (QED) is 0.587. The van der Waals surface area contributed by atoms with E-state index in [1.165, 1.54) is 13.8 Å². The highest BCUT2D eigenvalue weighted by atomic mass is 19.4. The molecule has 0 saturated heterocycles. The molecule has 5 heteroatoms. The fourth-order valence-electron chi connectivity index (χ4n) is 1.30. The fourth-order valence-corrected chi connectivity index (χ4v) is 1.30. The Hall–Kier alpha value is -1.57. The number of rotatable bonds is 0. The van der Waals surface area contributed by atoms with E-state index in [4.69, 9.17) is 6.57 Å². The van der Waals surface area contributed by atoms with Crippen LogP contribution in [0.4, 0.5) is 19.0 Å². The SMILES string of the molecule is [C-]#[N+]c1cc(C)c(C(F)(F)F)c(C)n1. The van der Waals surface area contributed by atoms with Crippen molar-refractivity contribution >= 4 is 5.82 Å². The molecule has 0 bridgehead atoms. The van der Waals surface area contributed by atoms with Crippen molar-refractivity contribution in [3.8, 4) is 0 Å². The summed E-state index contributed by atoms with van der Waals surface area (Å²) in [5, 5.41) is 0. The Morgan fingerprint density at radius 2 is 1.93 bits per heavy atom. The third kappa shape index (κ3) is 1.84. The average molecular weight is 200 g/mol. The van der Waals surface area contributed by atoms with Gasteiger partial charge in [-0.1, -0.05) is 6.57 Å². The van der Waals surface area contributed by atoms with E-state index < -0.39 is 11.7 Å². The minimum Gasteiger partial charge on any atom is -0.361 e. The molecule has 0 aromatic carbocycles. The fraction of sp³-hybridized carbons (Fsp3) is 0.333. The van der Waals surface area contributed by atoms with Crippen molar-refractivity contribution in [1.29, 1.82) is 0 Å². The Bertz CT molecular complexity index is 378. The molecular formula is C9H7F3N2. The standard InChI is InChI=1S/C9H7F3N2/c1-5-4-7(13-3)14-6(2)8(5)9(10,11)12/h4H,1-2H3. The first-order valence-electron chi connectivity index (χ1n) is 3.79. The first kappa shape index (κ1) is 10.5. The highest BCUT2D eigenvalue weighted by Gasteiger charge is 2.36. The number of aryl methyl sites for hydroxylation is 2. The lowest BCUT2D eigenvalue weighted by molar-refractivity contribution is -0.138. The molecule has 0 atom stereocenters. The topological polar surface area (TPSA) is 17.2 Å². The number of halogens is 3. The largest absolute Gasteiger partial charge is 0.420 e. The minimum atomic E-state index is -4.40.